The van der Waals surface area contributed by atoms with Crippen LogP contribution in [-0.4, -0.2) is 15.8 Å². The van der Waals surface area contributed by atoms with Gasteiger partial charge in [-0.25, -0.2) is 0 Å². The molecule has 0 unspecified atom stereocenters. The standard InChI is InChI=1S/C16H15N3O3/c1-10(20)17-13-5-2-11(3-6-13)15-8-12-4-7-14(19(21)22)9-16(12)18-15/h2,4-5,7-9,18H,3,6H2,1H3,(H,17,20). The molecule has 112 valence electrons. The van der Waals surface area contributed by atoms with Crippen LogP contribution in [0.15, 0.2) is 42.1 Å². The number of H-pyrrole nitrogens is 1. The van der Waals surface area contributed by atoms with Crippen molar-refractivity contribution in [1.82, 2.24) is 10.3 Å². The van der Waals surface area contributed by atoms with Gasteiger partial charge in [0.25, 0.3) is 5.69 Å². The third-order valence-electron chi connectivity index (χ3n) is 3.65. The predicted molar refractivity (Wildman–Crippen MR) is 84.1 cm³/mol. The number of aromatic amines is 1. The molecule has 0 fully saturated rings. The first-order valence-electron chi connectivity index (χ1n) is 6.98. The number of nitro benzene ring substituents is 1. The van der Waals surface area contributed by atoms with Gasteiger partial charge in [-0.3, -0.25) is 14.9 Å². The molecule has 1 aliphatic rings. The molecule has 0 radical (unpaired) electrons. The molecule has 22 heavy (non-hydrogen) atoms. The second-order valence-electron chi connectivity index (χ2n) is 5.28. The Labute approximate surface area is 126 Å². The van der Waals surface area contributed by atoms with E-state index in [4.69, 9.17) is 0 Å². The average Bonchev–Trinajstić information content (AvgIpc) is 2.90. The topological polar surface area (TPSA) is 88.0 Å². The van der Waals surface area contributed by atoms with E-state index in [1.165, 1.54) is 13.0 Å². The second kappa shape index (κ2) is 5.48. The monoisotopic (exact) mass is 297 g/mol. The number of hydrogen-bond donors (Lipinski definition) is 2. The van der Waals surface area contributed by atoms with Gasteiger partial charge >= 0.3 is 0 Å². The van der Waals surface area contributed by atoms with E-state index in [0.717, 1.165) is 40.7 Å². The highest BCUT2D eigenvalue weighted by Gasteiger charge is 2.13. The lowest BCUT2D eigenvalue weighted by atomic mass is 10.00. The second-order valence-corrected chi connectivity index (χ2v) is 5.28. The number of hydrogen-bond acceptors (Lipinski definition) is 3. The van der Waals surface area contributed by atoms with Crippen molar-refractivity contribution in [1.29, 1.82) is 0 Å². The number of benzene rings is 1. The van der Waals surface area contributed by atoms with Crippen molar-refractivity contribution >= 4 is 28.1 Å². The van der Waals surface area contributed by atoms with Crippen molar-refractivity contribution in [3.05, 3.63) is 57.9 Å². The summed E-state index contributed by atoms with van der Waals surface area (Å²) in [5.41, 5.74) is 3.80. The number of non-ortho nitro benzene ring substituents is 1. The number of amides is 1. The van der Waals surface area contributed by atoms with Gasteiger partial charge in [0.05, 0.1) is 10.4 Å². The van der Waals surface area contributed by atoms with Gasteiger partial charge in [0.15, 0.2) is 0 Å². The van der Waals surface area contributed by atoms with Gasteiger partial charge in [0.2, 0.25) is 5.91 Å². The Kier molecular flexibility index (Phi) is 3.50. The van der Waals surface area contributed by atoms with Gasteiger partial charge in [0.1, 0.15) is 0 Å². The molecule has 6 heteroatoms. The molecule has 0 atom stereocenters. The third kappa shape index (κ3) is 2.76. The van der Waals surface area contributed by atoms with Crippen LogP contribution in [0, 0.1) is 10.1 Å². The molecule has 2 N–H and O–H groups in total. The van der Waals surface area contributed by atoms with Crippen molar-refractivity contribution < 1.29 is 9.72 Å². The van der Waals surface area contributed by atoms with Crippen LogP contribution in [0.2, 0.25) is 0 Å². The molecule has 0 spiro atoms. The quantitative estimate of drug-likeness (QED) is 0.673. The largest absolute Gasteiger partial charge is 0.355 e. The summed E-state index contributed by atoms with van der Waals surface area (Å²) >= 11 is 0. The van der Waals surface area contributed by atoms with Crippen molar-refractivity contribution in [3.63, 3.8) is 0 Å². The maximum atomic E-state index is 11.0. The number of allylic oxidation sites excluding steroid dienone is 4. The average molecular weight is 297 g/mol. The summed E-state index contributed by atoms with van der Waals surface area (Å²) in [5.74, 6) is -0.0685. The Balaban J connectivity index is 1.91. The van der Waals surface area contributed by atoms with Crippen molar-refractivity contribution in [2.75, 3.05) is 0 Å². The molecule has 6 nitrogen and oxygen atoms in total. The van der Waals surface area contributed by atoms with Crippen LogP contribution in [0.4, 0.5) is 5.69 Å². The van der Waals surface area contributed by atoms with E-state index in [-0.39, 0.29) is 11.6 Å². The number of carbonyl (C=O) groups excluding carboxylic acids is 1. The SMILES string of the molecule is CC(=O)NC1=CC=C(c2cc3ccc([N+](=O)[O-])cc3[nH]2)CC1. The van der Waals surface area contributed by atoms with Crippen LogP contribution < -0.4 is 5.32 Å². The molecule has 1 aromatic heterocycles. The Morgan fingerprint density at radius 1 is 1.27 bits per heavy atom. The van der Waals surface area contributed by atoms with Crippen LogP contribution in [-0.2, 0) is 4.79 Å². The summed E-state index contributed by atoms with van der Waals surface area (Å²) in [5, 5.41) is 14.6. The maximum absolute atomic E-state index is 11.0. The first kappa shape index (κ1) is 14.1. The van der Waals surface area contributed by atoms with Gasteiger partial charge in [-0.05, 0) is 36.6 Å². The Bertz CT molecular complexity index is 830. The van der Waals surface area contributed by atoms with Crippen LogP contribution in [0.25, 0.3) is 16.5 Å². The summed E-state index contributed by atoms with van der Waals surface area (Å²) in [4.78, 5) is 24.7. The lowest BCUT2D eigenvalue weighted by molar-refractivity contribution is -0.384. The van der Waals surface area contributed by atoms with Crippen molar-refractivity contribution in [2.24, 2.45) is 0 Å². The molecular formula is C16H15N3O3. The third-order valence-corrected chi connectivity index (χ3v) is 3.65. The number of fused-ring (bicyclic) bond motifs is 1. The molecule has 0 bridgehead atoms. The molecule has 0 aliphatic heterocycles. The van der Waals surface area contributed by atoms with E-state index in [0.29, 0.717) is 0 Å². The smallest absolute Gasteiger partial charge is 0.271 e. The van der Waals surface area contributed by atoms with Crippen molar-refractivity contribution in [2.45, 2.75) is 19.8 Å². The molecular weight excluding hydrogens is 282 g/mol. The van der Waals surface area contributed by atoms with E-state index in [1.807, 2.05) is 18.2 Å². The number of nitrogens with one attached hydrogen (secondary N) is 2. The molecule has 1 aromatic carbocycles. The molecule has 1 aliphatic carbocycles. The number of rotatable bonds is 3. The van der Waals surface area contributed by atoms with Gasteiger partial charge < -0.3 is 10.3 Å². The minimum Gasteiger partial charge on any atom is -0.355 e. The van der Waals surface area contributed by atoms with Crippen molar-refractivity contribution in [3.8, 4) is 0 Å². The Hall–Kier alpha value is -2.89. The lowest BCUT2D eigenvalue weighted by Gasteiger charge is -2.14. The molecule has 2 aromatic rings. The Morgan fingerprint density at radius 3 is 2.73 bits per heavy atom. The minimum atomic E-state index is -0.401. The summed E-state index contributed by atoms with van der Waals surface area (Å²) < 4.78 is 0. The highest BCUT2D eigenvalue weighted by molar-refractivity contribution is 5.87. The van der Waals surface area contributed by atoms with E-state index in [9.17, 15) is 14.9 Å². The first-order valence-corrected chi connectivity index (χ1v) is 6.98. The summed E-state index contributed by atoms with van der Waals surface area (Å²) in [6.07, 6.45) is 5.43. The lowest BCUT2D eigenvalue weighted by Crippen LogP contribution is -2.19. The molecule has 3 rings (SSSR count). The van der Waals surface area contributed by atoms with Gasteiger partial charge in [0, 0.05) is 35.8 Å². The van der Waals surface area contributed by atoms with E-state index in [2.05, 4.69) is 10.3 Å². The zero-order valence-electron chi connectivity index (χ0n) is 12.1. The zero-order valence-corrected chi connectivity index (χ0v) is 12.1. The normalized spacial score (nSPS) is 14.4. The van der Waals surface area contributed by atoms with Crippen LogP contribution in [0.5, 0.6) is 0 Å². The van der Waals surface area contributed by atoms with Crippen LogP contribution >= 0.6 is 0 Å². The number of nitrogens with zero attached hydrogens (tertiary/aromatic N) is 1. The molecule has 0 saturated heterocycles. The van der Waals surface area contributed by atoms with Gasteiger partial charge in [-0.2, -0.15) is 0 Å². The summed E-state index contributed by atoms with van der Waals surface area (Å²) in [6.45, 7) is 1.49. The Morgan fingerprint density at radius 2 is 2.09 bits per heavy atom. The fraction of sp³-hybridized carbons (Fsp3) is 0.188. The van der Waals surface area contributed by atoms with Crippen LogP contribution in [0.1, 0.15) is 25.5 Å². The number of nitro groups is 1. The highest BCUT2D eigenvalue weighted by Crippen LogP contribution is 2.29. The van der Waals surface area contributed by atoms with Gasteiger partial charge in [-0.1, -0.05) is 6.08 Å². The molecule has 1 amide bonds. The molecule has 0 saturated carbocycles. The maximum Gasteiger partial charge on any atom is 0.271 e. The predicted octanol–water partition coefficient (Wildman–Crippen LogP) is 3.27. The number of carbonyl (C=O) groups is 1. The first-order chi connectivity index (χ1) is 10.5. The van der Waals surface area contributed by atoms with Crippen LogP contribution in [0.3, 0.4) is 0 Å². The number of aromatic nitrogens is 1. The van der Waals surface area contributed by atoms with E-state index < -0.39 is 4.92 Å². The summed E-state index contributed by atoms with van der Waals surface area (Å²) in [7, 11) is 0. The van der Waals surface area contributed by atoms with Gasteiger partial charge in [-0.15, -0.1) is 0 Å². The molecule has 1 heterocycles. The van der Waals surface area contributed by atoms with E-state index in [1.54, 1.807) is 12.1 Å². The zero-order chi connectivity index (χ0) is 15.7. The fourth-order valence-electron chi connectivity index (χ4n) is 2.59. The summed E-state index contributed by atoms with van der Waals surface area (Å²) in [6, 6.07) is 6.78. The van der Waals surface area contributed by atoms with E-state index >= 15 is 0 Å². The minimum absolute atomic E-state index is 0.0685. The fourth-order valence-corrected chi connectivity index (χ4v) is 2.59. The highest BCUT2D eigenvalue weighted by atomic mass is 16.6.